The SMILES string of the molecule is Fc1cccc(F)c1CSc1nnnn1-c1ccccc1. The molecule has 0 aliphatic carbocycles. The lowest BCUT2D eigenvalue weighted by atomic mass is 10.2. The molecule has 21 heavy (non-hydrogen) atoms. The maximum Gasteiger partial charge on any atom is 0.214 e. The summed E-state index contributed by atoms with van der Waals surface area (Å²) >= 11 is 1.18. The number of para-hydroxylation sites is 1. The number of tetrazole rings is 1. The molecule has 0 bridgehead atoms. The van der Waals surface area contributed by atoms with Crippen molar-refractivity contribution in [3.8, 4) is 5.69 Å². The molecule has 106 valence electrons. The maximum atomic E-state index is 13.6. The molecular weight excluding hydrogens is 294 g/mol. The van der Waals surface area contributed by atoms with Gasteiger partial charge >= 0.3 is 0 Å². The predicted octanol–water partition coefficient (Wildman–Crippen LogP) is 3.23. The number of benzene rings is 2. The molecule has 4 nitrogen and oxygen atoms in total. The summed E-state index contributed by atoms with van der Waals surface area (Å²) in [5, 5.41) is 11.9. The van der Waals surface area contributed by atoms with Gasteiger partial charge in [0.15, 0.2) is 0 Å². The van der Waals surface area contributed by atoms with Crippen molar-refractivity contribution in [2.24, 2.45) is 0 Å². The van der Waals surface area contributed by atoms with Gasteiger partial charge in [-0.2, -0.15) is 4.68 Å². The standard InChI is InChI=1S/C14H10F2N4S/c15-12-7-4-8-13(16)11(12)9-21-14-17-18-19-20(14)10-5-2-1-3-6-10/h1-8H,9H2. The zero-order chi connectivity index (χ0) is 14.7. The van der Waals surface area contributed by atoms with Crippen LogP contribution < -0.4 is 0 Å². The first-order valence-electron chi connectivity index (χ1n) is 6.15. The van der Waals surface area contributed by atoms with Gasteiger partial charge in [0.1, 0.15) is 11.6 Å². The first kappa shape index (κ1) is 13.7. The number of thioether (sulfide) groups is 1. The topological polar surface area (TPSA) is 43.6 Å². The number of hydrogen-bond donors (Lipinski definition) is 0. The van der Waals surface area contributed by atoms with Crippen molar-refractivity contribution in [3.05, 3.63) is 65.7 Å². The van der Waals surface area contributed by atoms with Gasteiger partial charge in [-0.05, 0) is 34.7 Å². The molecule has 0 amide bonds. The Morgan fingerprint density at radius 1 is 0.952 bits per heavy atom. The first-order chi connectivity index (χ1) is 10.3. The van der Waals surface area contributed by atoms with Crippen molar-refractivity contribution in [1.82, 2.24) is 20.2 Å². The number of hydrogen-bond acceptors (Lipinski definition) is 4. The summed E-state index contributed by atoms with van der Waals surface area (Å²) in [6, 6.07) is 13.1. The van der Waals surface area contributed by atoms with Crippen molar-refractivity contribution in [2.45, 2.75) is 10.9 Å². The Hall–Kier alpha value is -2.28. The molecule has 0 spiro atoms. The van der Waals surface area contributed by atoms with E-state index in [-0.39, 0.29) is 11.3 Å². The number of aromatic nitrogens is 4. The zero-order valence-electron chi connectivity index (χ0n) is 10.8. The minimum absolute atomic E-state index is 0.0186. The van der Waals surface area contributed by atoms with Crippen molar-refractivity contribution < 1.29 is 8.78 Å². The molecule has 0 aliphatic heterocycles. The smallest absolute Gasteiger partial charge is 0.207 e. The van der Waals surface area contributed by atoms with E-state index in [0.29, 0.717) is 5.16 Å². The lowest BCUT2D eigenvalue weighted by Crippen LogP contribution is -1.99. The third-order valence-electron chi connectivity index (χ3n) is 2.85. The van der Waals surface area contributed by atoms with E-state index in [1.54, 1.807) is 0 Å². The molecule has 0 saturated carbocycles. The maximum absolute atomic E-state index is 13.6. The van der Waals surface area contributed by atoms with Crippen LogP contribution in [0, 0.1) is 11.6 Å². The molecule has 1 heterocycles. The summed E-state index contributed by atoms with van der Waals surface area (Å²) in [6.45, 7) is 0. The van der Waals surface area contributed by atoms with Gasteiger partial charge in [0, 0.05) is 11.3 Å². The Labute approximate surface area is 123 Å². The zero-order valence-corrected chi connectivity index (χ0v) is 11.6. The average molecular weight is 304 g/mol. The van der Waals surface area contributed by atoms with Crippen molar-refractivity contribution >= 4 is 11.8 Å². The third kappa shape index (κ3) is 2.92. The molecule has 3 rings (SSSR count). The Kier molecular flexibility index (Phi) is 3.92. The van der Waals surface area contributed by atoms with Crippen LogP contribution in [0.1, 0.15) is 5.56 Å². The highest BCUT2D eigenvalue weighted by Crippen LogP contribution is 2.25. The van der Waals surface area contributed by atoms with Crippen LogP contribution in [-0.2, 0) is 5.75 Å². The second-order valence-electron chi connectivity index (χ2n) is 4.20. The lowest BCUT2D eigenvalue weighted by molar-refractivity contribution is 0.566. The van der Waals surface area contributed by atoms with Crippen LogP contribution in [0.2, 0.25) is 0 Å². The van der Waals surface area contributed by atoms with Gasteiger partial charge in [-0.1, -0.05) is 36.0 Å². The normalized spacial score (nSPS) is 10.8. The van der Waals surface area contributed by atoms with Gasteiger partial charge in [0.2, 0.25) is 5.16 Å². The second-order valence-corrected chi connectivity index (χ2v) is 5.14. The Bertz CT molecular complexity index is 725. The number of halogens is 2. The fraction of sp³-hybridized carbons (Fsp3) is 0.0714. The molecule has 0 radical (unpaired) electrons. The van der Waals surface area contributed by atoms with Gasteiger partial charge in [0.25, 0.3) is 0 Å². The number of rotatable bonds is 4. The van der Waals surface area contributed by atoms with E-state index in [4.69, 9.17) is 0 Å². The van der Waals surface area contributed by atoms with Crippen molar-refractivity contribution in [2.75, 3.05) is 0 Å². The third-order valence-corrected chi connectivity index (χ3v) is 3.79. The predicted molar refractivity (Wildman–Crippen MR) is 75.1 cm³/mol. The summed E-state index contributed by atoms with van der Waals surface area (Å²) in [7, 11) is 0. The summed E-state index contributed by atoms with van der Waals surface area (Å²) in [6.07, 6.45) is 0. The van der Waals surface area contributed by atoms with E-state index < -0.39 is 11.6 Å². The second kappa shape index (κ2) is 6.01. The Morgan fingerprint density at radius 2 is 1.67 bits per heavy atom. The molecule has 3 aromatic rings. The van der Waals surface area contributed by atoms with Crippen LogP contribution in [0.25, 0.3) is 5.69 Å². The monoisotopic (exact) mass is 304 g/mol. The Balaban J connectivity index is 1.83. The summed E-state index contributed by atoms with van der Waals surface area (Å²) in [5.41, 5.74) is 0.809. The van der Waals surface area contributed by atoms with Gasteiger partial charge in [0.05, 0.1) is 5.69 Å². The molecule has 0 saturated heterocycles. The van der Waals surface area contributed by atoms with Gasteiger partial charge in [-0.25, -0.2) is 8.78 Å². The average Bonchev–Trinajstić information content (AvgIpc) is 2.96. The van der Waals surface area contributed by atoms with Crippen LogP contribution in [0.15, 0.2) is 53.7 Å². The van der Waals surface area contributed by atoms with Crippen LogP contribution >= 0.6 is 11.8 Å². The van der Waals surface area contributed by atoms with Gasteiger partial charge in [-0.15, -0.1) is 5.10 Å². The van der Waals surface area contributed by atoms with E-state index in [2.05, 4.69) is 15.5 Å². The van der Waals surface area contributed by atoms with E-state index in [9.17, 15) is 8.78 Å². The van der Waals surface area contributed by atoms with Gasteiger partial charge < -0.3 is 0 Å². The molecule has 2 aromatic carbocycles. The van der Waals surface area contributed by atoms with Crippen LogP contribution in [-0.4, -0.2) is 20.2 Å². The molecule has 0 unspecified atom stereocenters. The number of nitrogens with zero attached hydrogens (tertiary/aromatic N) is 4. The highest BCUT2D eigenvalue weighted by molar-refractivity contribution is 7.98. The largest absolute Gasteiger partial charge is 0.214 e. The molecule has 0 fully saturated rings. The molecule has 7 heteroatoms. The Morgan fingerprint density at radius 3 is 2.38 bits per heavy atom. The van der Waals surface area contributed by atoms with E-state index in [0.717, 1.165) is 5.69 Å². The quantitative estimate of drug-likeness (QED) is 0.694. The van der Waals surface area contributed by atoms with E-state index in [1.165, 1.54) is 34.6 Å². The fourth-order valence-corrected chi connectivity index (χ4v) is 2.71. The van der Waals surface area contributed by atoms with Crippen LogP contribution in [0.4, 0.5) is 8.78 Å². The molecule has 0 atom stereocenters. The summed E-state index contributed by atoms with van der Waals surface area (Å²) in [5.74, 6) is -1.02. The minimum Gasteiger partial charge on any atom is -0.207 e. The van der Waals surface area contributed by atoms with Gasteiger partial charge in [-0.3, -0.25) is 0 Å². The highest BCUT2D eigenvalue weighted by Gasteiger charge is 2.13. The van der Waals surface area contributed by atoms with Crippen LogP contribution in [0.5, 0.6) is 0 Å². The summed E-state index contributed by atoms with van der Waals surface area (Å²) < 4.78 is 28.7. The highest BCUT2D eigenvalue weighted by atomic mass is 32.2. The van der Waals surface area contributed by atoms with Crippen molar-refractivity contribution in [1.29, 1.82) is 0 Å². The summed E-state index contributed by atoms with van der Waals surface area (Å²) in [4.78, 5) is 0. The molecular formula is C14H10F2N4S. The molecule has 0 aliphatic rings. The lowest BCUT2D eigenvalue weighted by Gasteiger charge is -2.05. The van der Waals surface area contributed by atoms with E-state index in [1.807, 2.05) is 30.3 Å². The molecule has 0 N–H and O–H groups in total. The van der Waals surface area contributed by atoms with Crippen molar-refractivity contribution in [3.63, 3.8) is 0 Å². The van der Waals surface area contributed by atoms with E-state index >= 15 is 0 Å². The van der Waals surface area contributed by atoms with Crippen LogP contribution in [0.3, 0.4) is 0 Å². The minimum atomic E-state index is -0.568. The molecule has 1 aromatic heterocycles. The fourth-order valence-electron chi connectivity index (χ4n) is 1.81. The first-order valence-corrected chi connectivity index (χ1v) is 7.14.